The molecule has 57 heavy (non-hydrogen) atoms. The van der Waals surface area contributed by atoms with Gasteiger partial charge in [-0.2, -0.15) is 0 Å². The number of hydrogen-bond acceptors (Lipinski definition) is 3. The van der Waals surface area contributed by atoms with Gasteiger partial charge < -0.3 is 14.7 Å². The SMILES string of the molecule is CN(CCCC#Cc1cc(C#CCCCN(C)[C@@]2(C)[C@@H]3CC[C@@H](C3)C2(C)C)cc(C#CCCCN(C)[C@@]2(C)[C@@H]3CC[C@@H](C3)C2(C)C)c1)[C@@]1(C)[C@@H]2CC[C@@H](C2)C1(C)C. The zero-order chi connectivity index (χ0) is 41.0. The molecule has 6 aliphatic rings. The summed E-state index contributed by atoms with van der Waals surface area (Å²) in [6, 6.07) is 6.61. The van der Waals surface area contributed by atoms with Gasteiger partial charge in [0.15, 0.2) is 0 Å². The Kier molecular flexibility index (Phi) is 12.0. The van der Waals surface area contributed by atoms with Crippen molar-refractivity contribution in [1.82, 2.24) is 14.7 Å². The summed E-state index contributed by atoms with van der Waals surface area (Å²) in [6.07, 6.45) is 18.8. The molecule has 0 N–H and O–H groups in total. The van der Waals surface area contributed by atoms with E-state index in [4.69, 9.17) is 0 Å². The quantitative estimate of drug-likeness (QED) is 0.155. The number of unbranched alkanes of at least 4 members (excludes halogenated alkanes) is 3. The largest absolute Gasteiger partial charge is 0.300 e. The van der Waals surface area contributed by atoms with E-state index in [1.807, 2.05) is 0 Å². The van der Waals surface area contributed by atoms with Crippen molar-refractivity contribution in [3.8, 4) is 35.5 Å². The normalized spacial score (nSPS) is 36.1. The van der Waals surface area contributed by atoms with E-state index in [-0.39, 0.29) is 0 Å². The Labute approximate surface area is 351 Å². The molecule has 7 rings (SSSR count). The second-order valence-corrected chi connectivity index (χ2v) is 22.5. The van der Waals surface area contributed by atoms with Crippen LogP contribution in [-0.2, 0) is 0 Å². The average molecular weight is 772 g/mol. The van der Waals surface area contributed by atoms with E-state index >= 15 is 0 Å². The highest BCUT2D eigenvalue weighted by molar-refractivity contribution is 5.51. The molecule has 1 aromatic carbocycles. The molecule has 0 aromatic heterocycles. The summed E-state index contributed by atoms with van der Waals surface area (Å²) in [5.41, 5.74) is 5.20. The predicted octanol–water partition coefficient (Wildman–Crippen LogP) is 11.5. The number of nitrogens with zero attached hydrogens (tertiary/aromatic N) is 3. The molecule has 6 fully saturated rings. The maximum atomic E-state index is 3.56. The van der Waals surface area contributed by atoms with Gasteiger partial charge in [-0.05, 0) is 209 Å². The number of rotatable bonds is 12. The van der Waals surface area contributed by atoms with Gasteiger partial charge in [-0.15, -0.1) is 0 Å². The maximum Gasteiger partial charge on any atom is 0.0270 e. The van der Waals surface area contributed by atoms with Crippen LogP contribution in [-0.4, -0.2) is 72.1 Å². The van der Waals surface area contributed by atoms with Gasteiger partial charge in [0.1, 0.15) is 0 Å². The number of fused-ring (bicyclic) bond motifs is 6. The zero-order valence-electron chi connectivity index (χ0n) is 38.8. The molecule has 0 saturated heterocycles. The molecule has 1 aromatic rings. The summed E-state index contributed by atoms with van der Waals surface area (Å²) in [4.78, 5) is 8.07. The van der Waals surface area contributed by atoms with Gasteiger partial charge in [0.05, 0.1) is 0 Å². The minimum absolute atomic E-state index is 0.296. The van der Waals surface area contributed by atoms with Crippen LogP contribution in [0.3, 0.4) is 0 Å². The Morgan fingerprint density at radius 2 is 0.667 bits per heavy atom. The summed E-state index contributed by atoms with van der Waals surface area (Å²) in [5, 5.41) is 0. The molecule has 6 saturated carbocycles. The minimum Gasteiger partial charge on any atom is -0.300 e. The summed E-state index contributed by atoms with van der Waals surface area (Å²) < 4.78 is 0. The van der Waals surface area contributed by atoms with E-state index in [0.717, 1.165) is 110 Å². The number of benzene rings is 1. The van der Waals surface area contributed by atoms with Gasteiger partial charge in [0.25, 0.3) is 0 Å². The van der Waals surface area contributed by atoms with Crippen LogP contribution in [0.2, 0.25) is 0 Å². The van der Waals surface area contributed by atoms with Crippen LogP contribution < -0.4 is 0 Å². The number of hydrogen-bond donors (Lipinski definition) is 0. The molecule has 0 aliphatic heterocycles. The van der Waals surface area contributed by atoms with Crippen LogP contribution in [0.1, 0.15) is 175 Å². The predicted molar refractivity (Wildman–Crippen MR) is 242 cm³/mol. The van der Waals surface area contributed by atoms with Crippen LogP contribution in [0.5, 0.6) is 0 Å². The third kappa shape index (κ3) is 7.17. The fourth-order valence-corrected chi connectivity index (χ4v) is 14.9. The first-order valence-corrected chi connectivity index (χ1v) is 23.6. The van der Waals surface area contributed by atoms with E-state index in [1.165, 1.54) is 57.8 Å². The van der Waals surface area contributed by atoms with E-state index in [2.05, 4.69) is 152 Å². The zero-order valence-corrected chi connectivity index (χ0v) is 38.8. The molecule has 3 heteroatoms. The summed E-state index contributed by atoms with van der Waals surface area (Å²) in [6.45, 7) is 26.2. The molecule has 0 radical (unpaired) electrons. The molecule has 0 unspecified atom stereocenters. The third-order valence-electron chi connectivity index (χ3n) is 20.1. The van der Waals surface area contributed by atoms with Crippen LogP contribution in [0.4, 0.5) is 0 Å². The molecular weight excluding hydrogens is 691 g/mol. The molecule has 3 nitrogen and oxygen atoms in total. The first-order valence-electron chi connectivity index (χ1n) is 23.6. The lowest BCUT2D eigenvalue weighted by Crippen LogP contribution is -2.58. The Balaban J connectivity index is 0.973. The van der Waals surface area contributed by atoms with Gasteiger partial charge >= 0.3 is 0 Å². The topological polar surface area (TPSA) is 9.72 Å². The van der Waals surface area contributed by atoms with Crippen molar-refractivity contribution in [3.63, 3.8) is 0 Å². The van der Waals surface area contributed by atoms with Crippen LogP contribution >= 0.6 is 0 Å². The first-order chi connectivity index (χ1) is 26.9. The molecule has 312 valence electrons. The van der Waals surface area contributed by atoms with Crippen LogP contribution in [0, 0.1) is 87.3 Å². The first kappa shape index (κ1) is 42.9. The van der Waals surface area contributed by atoms with Crippen molar-refractivity contribution in [1.29, 1.82) is 0 Å². The van der Waals surface area contributed by atoms with E-state index in [9.17, 15) is 0 Å². The Bertz CT molecular complexity index is 1600. The van der Waals surface area contributed by atoms with Crippen molar-refractivity contribution in [3.05, 3.63) is 34.9 Å². The Morgan fingerprint density at radius 3 is 0.895 bits per heavy atom. The molecular formula is C54H81N3. The van der Waals surface area contributed by atoms with Crippen molar-refractivity contribution < 1.29 is 0 Å². The summed E-state index contributed by atoms with van der Waals surface area (Å²) >= 11 is 0. The Morgan fingerprint density at radius 1 is 0.421 bits per heavy atom. The van der Waals surface area contributed by atoms with Gasteiger partial charge in [-0.3, -0.25) is 0 Å². The fraction of sp³-hybridized carbons (Fsp3) is 0.778. The third-order valence-corrected chi connectivity index (χ3v) is 20.1. The summed E-state index contributed by atoms with van der Waals surface area (Å²) in [7, 11) is 7.12. The van der Waals surface area contributed by atoms with E-state index in [0.29, 0.717) is 32.9 Å². The highest BCUT2D eigenvalue weighted by atomic mass is 15.2. The second kappa shape index (κ2) is 16.0. The smallest absolute Gasteiger partial charge is 0.0270 e. The van der Waals surface area contributed by atoms with Gasteiger partial charge in [-0.25, -0.2) is 0 Å². The summed E-state index contributed by atoms with van der Waals surface area (Å²) in [5.74, 6) is 26.5. The minimum atomic E-state index is 0.296. The molecule has 0 heterocycles. The van der Waals surface area contributed by atoms with Crippen molar-refractivity contribution in [2.24, 2.45) is 51.8 Å². The van der Waals surface area contributed by atoms with Crippen molar-refractivity contribution >= 4 is 0 Å². The van der Waals surface area contributed by atoms with Gasteiger partial charge in [0, 0.05) is 52.6 Å². The monoisotopic (exact) mass is 772 g/mol. The highest BCUT2D eigenvalue weighted by Crippen LogP contribution is 2.65. The molecule has 6 aliphatic carbocycles. The van der Waals surface area contributed by atoms with Gasteiger partial charge in [-0.1, -0.05) is 77.1 Å². The van der Waals surface area contributed by atoms with E-state index < -0.39 is 0 Å². The molecule has 0 amide bonds. The average Bonchev–Trinajstić information content (AvgIpc) is 4.02. The van der Waals surface area contributed by atoms with Crippen LogP contribution in [0.25, 0.3) is 0 Å². The second-order valence-electron chi connectivity index (χ2n) is 22.5. The lowest BCUT2D eigenvalue weighted by atomic mass is 9.63. The lowest BCUT2D eigenvalue weighted by molar-refractivity contribution is -0.0306. The Hall–Kier alpha value is -2.22. The van der Waals surface area contributed by atoms with Gasteiger partial charge in [0.2, 0.25) is 0 Å². The van der Waals surface area contributed by atoms with Crippen molar-refractivity contribution in [2.45, 2.75) is 175 Å². The van der Waals surface area contributed by atoms with Crippen LogP contribution in [0.15, 0.2) is 18.2 Å². The highest BCUT2D eigenvalue weighted by Gasteiger charge is 2.63. The maximum absolute atomic E-state index is 3.56. The van der Waals surface area contributed by atoms with Crippen molar-refractivity contribution in [2.75, 3.05) is 40.8 Å². The standard InChI is InChI=1S/C54H81N3/c1-49(2)43-25-28-46(37-43)52(49,7)55(10)31-19-13-16-22-40-34-41(23-17-14-20-32-56(11)53(8)47-29-26-44(38-47)50(53,3)4)36-42(35-40)24-18-15-21-33-57(12)54(9)48-30-27-45(39-48)51(54,5)6/h34-36,43-48H,13-15,19-21,25-33,37-39H2,1-12H3/t43-,44-,45-,46+,47+,48+,52-,53-,54-/m0/s1. The molecule has 9 atom stereocenters. The van der Waals surface area contributed by atoms with E-state index in [1.54, 1.807) is 0 Å². The molecule has 6 bridgehead atoms. The lowest BCUT2D eigenvalue weighted by Gasteiger charge is -2.53. The molecule has 0 spiro atoms. The fourth-order valence-electron chi connectivity index (χ4n) is 14.9.